The van der Waals surface area contributed by atoms with E-state index in [1.165, 1.54) is 16.9 Å². The second-order valence-electron chi connectivity index (χ2n) is 5.15. The van der Waals surface area contributed by atoms with Crippen molar-refractivity contribution in [1.82, 2.24) is 15.2 Å². The average molecular weight is 301 g/mol. The van der Waals surface area contributed by atoms with Crippen LogP contribution in [-0.4, -0.2) is 42.0 Å². The Kier molecular flexibility index (Phi) is 4.62. The van der Waals surface area contributed by atoms with Gasteiger partial charge in [0.2, 0.25) is 0 Å². The maximum atomic E-state index is 12.4. The third kappa shape index (κ3) is 3.68. The Morgan fingerprint density at radius 3 is 2.71 bits per heavy atom. The van der Waals surface area contributed by atoms with Crippen LogP contribution in [0.15, 0.2) is 36.5 Å². The molecule has 1 aromatic carbocycles. The van der Waals surface area contributed by atoms with E-state index in [1.54, 1.807) is 6.20 Å². The molecule has 3 rings (SSSR count). The van der Waals surface area contributed by atoms with E-state index in [-0.39, 0.29) is 5.91 Å². The standard InChI is InChI=1S/C16H19N3OS/c20-16(19-10-8-17-9-11-19)14-12-18-15(21-14)7-6-13-4-2-1-3-5-13/h1-5,12,17H,6-11H2. The molecule has 4 nitrogen and oxygen atoms in total. The summed E-state index contributed by atoms with van der Waals surface area (Å²) < 4.78 is 0. The number of hydrogen-bond donors (Lipinski definition) is 1. The topological polar surface area (TPSA) is 45.2 Å². The van der Waals surface area contributed by atoms with Gasteiger partial charge < -0.3 is 10.2 Å². The lowest BCUT2D eigenvalue weighted by molar-refractivity contribution is 0.0740. The Balaban J connectivity index is 1.59. The number of rotatable bonds is 4. The zero-order valence-corrected chi connectivity index (χ0v) is 12.7. The minimum absolute atomic E-state index is 0.125. The fraction of sp³-hybridized carbons (Fsp3) is 0.375. The summed E-state index contributed by atoms with van der Waals surface area (Å²) in [5, 5.41) is 4.30. The van der Waals surface area contributed by atoms with Gasteiger partial charge in [-0.25, -0.2) is 4.98 Å². The van der Waals surface area contributed by atoms with Crippen LogP contribution < -0.4 is 5.32 Å². The molecule has 1 aliphatic rings. The number of aryl methyl sites for hydroxylation is 2. The molecule has 0 saturated carbocycles. The quantitative estimate of drug-likeness (QED) is 0.939. The minimum Gasteiger partial charge on any atom is -0.335 e. The molecule has 0 atom stereocenters. The molecule has 0 aliphatic carbocycles. The van der Waals surface area contributed by atoms with E-state index in [4.69, 9.17) is 0 Å². The van der Waals surface area contributed by atoms with Crippen molar-refractivity contribution in [3.63, 3.8) is 0 Å². The lowest BCUT2D eigenvalue weighted by atomic mass is 10.1. The number of thiazole rings is 1. The predicted molar refractivity (Wildman–Crippen MR) is 84.7 cm³/mol. The third-order valence-electron chi connectivity index (χ3n) is 3.64. The molecule has 2 aromatic rings. The summed E-state index contributed by atoms with van der Waals surface area (Å²) in [6.45, 7) is 3.34. The van der Waals surface area contributed by atoms with Crippen LogP contribution in [0.4, 0.5) is 0 Å². The maximum Gasteiger partial charge on any atom is 0.265 e. The molecule has 21 heavy (non-hydrogen) atoms. The zero-order valence-electron chi connectivity index (χ0n) is 11.9. The van der Waals surface area contributed by atoms with Crippen LogP contribution in [0.1, 0.15) is 20.2 Å². The van der Waals surface area contributed by atoms with E-state index >= 15 is 0 Å². The normalized spacial score (nSPS) is 15.1. The third-order valence-corrected chi connectivity index (χ3v) is 4.68. The lowest BCUT2D eigenvalue weighted by Crippen LogP contribution is -2.46. The second kappa shape index (κ2) is 6.83. The molecule has 2 heterocycles. The van der Waals surface area contributed by atoms with Crippen LogP contribution in [-0.2, 0) is 12.8 Å². The SMILES string of the molecule is O=C(c1cnc(CCc2ccccc2)s1)N1CCNCC1. The van der Waals surface area contributed by atoms with Gasteiger partial charge in [0.15, 0.2) is 0 Å². The summed E-state index contributed by atoms with van der Waals surface area (Å²) in [5.41, 5.74) is 1.31. The van der Waals surface area contributed by atoms with Crippen LogP contribution in [0.5, 0.6) is 0 Å². The number of aromatic nitrogens is 1. The fourth-order valence-electron chi connectivity index (χ4n) is 2.44. The molecule has 0 unspecified atom stereocenters. The highest BCUT2D eigenvalue weighted by Gasteiger charge is 2.19. The van der Waals surface area contributed by atoms with Gasteiger partial charge in [-0.1, -0.05) is 30.3 Å². The highest BCUT2D eigenvalue weighted by molar-refractivity contribution is 7.13. The predicted octanol–water partition coefficient (Wildman–Crippen LogP) is 1.97. The number of hydrogen-bond acceptors (Lipinski definition) is 4. The van der Waals surface area contributed by atoms with Gasteiger partial charge in [0, 0.05) is 32.6 Å². The number of nitrogens with zero attached hydrogens (tertiary/aromatic N) is 2. The first-order chi connectivity index (χ1) is 10.3. The molecule has 5 heteroatoms. The van der Waals surface area contributed by atoms with Gasteiger partial charge in [0.1, 0.15) is 4.88 Å². The van der Waals surface area contributed by atoms with Crippen molar-refractivity contribution in [3.8, 4) is 0 Å². The molecule has 0 bridgehead atoms. The Morgan fingerprint density at radius 1 is 1.19 bits per heavy atom. The summed E-state index contributed by atoms with van der Waals surface area (Å²) in [7, 11) is 0. The maximum absolute atomic E-state index is 12.4. The van der Waals surface area contributed by atoms with Crippen molar-refractivity contribution < 1.29 is 4.79 Å². The zero-order chi connectivity index (χ0) is 14.5. The monoisotopic (exact) mass is 301 g/mol. The Labute approximate surface area is 128 Å². The summed E-state index contributed by atoms with van der Waals surface area (Å²) in [6.07, 6.45) is 3.59. The first-order valence-corrected chi connectivity index (χ1v) is 8.13. The molecule has 110 valence electrons. The first-order valence-electron chi connectivity index (χ1n) is 7.31. The molecule has 1 saturated heterocycles. The van der Waals surface area contributed by atoms with Crippen molar-refractivity contribution >= 4 is 17.2 Å². The van der Waals surface area contributed by atoms with Crippen molar-refractivity contribution in [3.05, 3.63) is 52.0 Å². The van der Waals surface area contributed by atoms with Crippen molar-refractivity contribution in [2.24, 2.45) is 0 Å². The van der Waals surface area contributed by atoms with Crippen LogP contribution in [0.25, 0.3) is 0 Å². The molecular weight excluding hydrogens is 282 g/mol. The smallest absolute Gasteiger partial charge is 0.265 e. The summed E-state index contributed by atoms with van der Waals surface area (Å²) in [4.78, 5) is 19.4. The molecule has 1 fully saturated rings. The van der Waals surface area contributed by atoms with Gasteiger partial charge in [-0.05, 0) is 12.0 Å². The highest BCUT2D eigenvalue weighted by atomic mass is 32.1. The lowest BCUT2D eigenvalue weighted by Gasteiger charge is -2.26. The van der Waals surface area contributed by atoms with E-state index in [1.807, 2.05) is 11.0 Å². The number of benzene rings is 1. The van der Waals surface area contributed by atoms with Crippen LogP contribution in [0.3, 0.4) is 0 Å². The molecular formula is C16H19N3OS. The van der Waals surface area contributed by atoms with E-state index in [0.717, 1.165) is 48.9 Å². The summed E-state index contributed by atoms with van der Waals surface area (Å²) in [6, 6.07) is 10.4. The molecule has 0 radical (unpaired) electrons. The number of carbonyl (C=O) groups excluding carboxylic acids is 1. The van der Waals surface area contributed by atoms with Gasteiger partial charge in [0.25, 0.3) is 5.91 Å². The van der Waals surface area contributed by atoms with Crippen molar-refractivity contribution in [2.75, 3.05) is 26.2 Å². The number of amides is 1. The largest absolute Gasteiger partial charge is 0.335 e. The molecule has 0 spiro atoms. The van der Waals surface area contributed by atoms with Crippen LogP contribution >= 0.6 is 11.3 Å². The molecule has 1 N–H and O–H groups in total. The molecule has 1 aromatic heterocycles. The minimum atomic E-state index is 0.125. The molecule has 1 aliphatic heterocycles. The van der Waals surface area contributed by atoms with E-state index in [2.05, 4.69) is 34.6 Å². The van der Waals surface area contributed by atoms with Crippen molar-refractivity contribution in [1.29, 1.82) is 0 Å². The highest BCUT2D eigenvalue weighted by Crippen LogP contribution is 2.17. The van der Waals surface area contributed by atoms with E-state index in [9.17, 15) is 4.79 Å². The van der Waals surface area contributed by atoms with Crippen LogP contribution in [0.2, 0.25) is 0 Å². The molecule has 1 amide bonds. The number of carbonyl (C=O) groups is 1. The number of nitrogens with one attached hydrogen (secondary N) is 1. The Bertz CT molecular complexity index is 591. The van der Waals surface area contributed by atoms with E-state index in [0.29, 0.717) is 0 Å². The van der Waals surface area contributed by atoms with Gasteiger partial charge >= 0.3 is 0 Å². The van der Waals surface area contributed by atoms with Gasteiger partial charge in [0.05, 0.1) is 11.2 Å². The van der Waals surface area contributed by atoms with E-state index < -0.39 is 0 Å². The number of piperazine rings is 1. The first kappa shape index (κ1) is 14.2. The Hall–Kier alpha value is -1.72. The Morgan fingerprint density at radius 2 is 1.95 bits per heavy atom. The summed E-state index contributed by atoms with van der Waals surface area (Å²) >= 11 is 1.53. The summed E-state index contributed by atoms with van der Waals surface area (Å²) in [5.74, 6) is 0.125. The van der Waals surface area contributed by atoms with Gasteiger partial charge in [-0.15, -0.1) is 11.3 Å². The second-order valence-corrected chi connectivity index (χ2v) is 6.26. The van der Waals surface area contributed by atoms with Crippen LogP contribution in [0, 0.1) is 0 Å². The average Bonchev–Trinajstić information content (AvgIpc) is 3.03. The van der Waals surface area contributed by atoms with Crippen molar-refractivity contribution in [2.45, 2.75) is 12.8 Å². The van der Waals surface area contributed by atoms with Gasteiger partial charge in [-0.2, -0.15) is 0 Å². The van der Waals surface area contributed by atoms with Gasteiger partial charge in [-0.3, -0.25) is 4.79 Å². The fourth-order valence-corrected chi connectivity index (χ4v) is 3.33.